The first-order chi connectivity index (χ1) is 7.59. The Morgan fingerprint density at radius 3 is 3.00 bits per heavy atom. The van der Waals surface area contributed by atoms with E-state index in [-0.39, 0.29) is 5.12 Å². The number of hydrogen-bond donors (Lipinski definition) is 0. The normalized spacial score (nSPS) is 9.44. The maximum Gasteiger partial charge on any atom is 0.185 e. The van der Waals surface area contributed by atoms with Gasteiger partial charge in [-0.3, -0.25) is 4.79 Å². The lowest BCUT2D eigenvalue weighted by Crippen LogP contribution is -1.84. The summed E-state index contributed by atoms with van der Waals surface area (Å²) in [6.07, 6.45) is 0.688. The monoisotopic (exact) mass is 316 g/mol. The molecule has 0 bridgehead atoms. The zero-order chi connectivity index (χ0) is 12.0. The van der Waals surface area contributed by atoms with Gasteiger partial charge in [-0.1, -0.05) is 51.1 Å². The average Bonchev–Trinajstić information content (AvgIpc) is 2.22. The molecule has 0 spiro atoms. The predicted octanol–water partition coefficient (Wildman–Crippen LogP) is 4.12. The molecule has 0 radical (unpaired) electrons. The highest BCUT2D eigenvalue weighted by Crippen LogP contribution is 2.19. The fourth-order valence-electron chi connectivity index (χ4n) is 0.997. The average molecular weight is 318 g/mol. The quantitative estimate of drug-likeness (QED) is 0.603. The van der Waals surface area contributed by atoms with E-state index in [0.717, 1.165) is 15.8 Å². The topological polar surface area (TPSA) is 17.1 Å². The van der Waals surface area contributed by atoms with Crippen LogP contribution in [0.5, 0.6) is 0 Å². The van der Waals surface area contributed by atoms with Crippen molar-refractivity contribution in [3.8, 4) is 11.8 Å². The Morgan fingerprint density at radius 1 is 1.56 bits per heavy atom. The summed E-state index contributed by atoms with van der Waals surface area (Å²) in [5, 5.41) is 0.775. The first kappa shape index (κ1) is 13.6. The Morgan fingerprint density at radius 2 is 2.31 bits per heavy atom. The molecule has 84 valence electrons. The summed E-state index contributed by atoms with van der Waals surface area (Å²) in [6.45, 7) is 1.56. The van der Waals surface area contributed by atoms with Crippen molar-refractivity contribution in [1.82, 2.24) is 0 Å². The smallest absolute Gasteiger partial charge is 0.185 e. The van der Waals surface area contributed by atoms with Gasteiger partial charge in [0.15, 0.2) is 5.12 Å². The lowest BCUT2D eigenvalue weighted by atomic mass is 10.2. The van der Waals surface area contributed by atoms with Gasteiger partial charge in [0.25, 0.3) is 0 Å². The van der Waals surface area contributed by atoms with Gasteiger partial charge in [0.2, 0.25) is 0 Å². The predicted molar refractivity (Wildman–Crippen MR) is 73.8 cm³/mol. The molecule has 0 atom stereocenters. The van der Waals surface area contributed by atoms with Crippen LogP contribution in [0.15, 0.2) is 22.7 Å². The third-order valence-corrected chi connectivity index (χ3v) is 3.32. The Bertz CT molecular complexity index is 448. The van der Waals surface area contributed by atoms with Crippen molar-refractivity contribution in [2.24, 2.45) is 0 Å². The molecule has 0 heterocycles. The zero-order valence-corrected chi connectivity index (χ0v) is 11.9. The van der Waals surface area contributed by atoms with E-state index in [1.54, 1.807) is 13.0 Å². The van der Waals surface area contributed by atoms with Gasteiger partial charge in [0.05, 0.1) is 5.02 Å². The fourth-order valence-corrected chi connectivity index (χ4v) is 2.01. The van der Waals surface area contributed by atoms with E-state index in [2.05, 4.69) is 27.8 Å². The molecule has 1 rings (SSSR count). The van der Waals surface area contributed by atoms with Crippen LogP contribution in [0.25, 0.3) is 0 Å². The second-order valence-electron chi connectivity index (χ2n) is 3.02. The number of halogens is 2. The summed E-state index contributed by atoms with van der Waals surface area (Å²) in [6, 6.07) is 5.56. The number of carbonyl (C=O) groups excluding carboxylic acids is 1. The van der Waals surface area contributed by atoms with Crippen LogP contribution >= 0.6 is 39.3 Å². The number of benzene rings is 1. The molecule has 0 saturated heterocycles. The molecule has 4 heteroatoms. The van der Waals surface area contributed by atoms with Crippen molar-refractivity contribution in [1.29, 1.82) is 0 Å². The van der Waals surface area contributed by atoms with Crippen molar-refractivity contribution >= 4 is 44.4 Å². The third-order valence-electron chi connectivity index (χ3n) is 1.68. The van der Waals surface area contributed by atoms with E-state index in [1.165, 1.54) is 11.8 Å². The van der Waals surface area contributed by atoms with Crippen LogP contribution in [0, 0.1) is 11.8 Å². The summed E-state index contributed by atoms with van der Waals surface area (Å²) in [4.78, 5) is 10.7. The van der Waals surface area contributed by atoms with Crippen LogP contribution in [0.3, 0.4) is 0 Å². The maximum absolute atomic E-state index is 10.7. The second kappa shape index (κ2) is 7.01. The Labute approximate surface area is 113 Å². The molecule has 16 heavy (non-hydrogen) atoms. The van der Waals surface area contributed by atoms with Crippen LogP contribution in [0.4, 0.5) is 0 Å². The standard InChI is InChI=1S/C12H10BrClOS/c1-9(15)16-7-3-2-4-10-8-11(13)5-6-12(10)14/h5-6,8H,3,7H2,1H3. The first-order valence-corrected chi connectivity index (χ1v) is 6.82. The highest BCUT2D eigenvalue weighted by Gasteiger charge is 1.97. The highest BCUT2D eigenvalue weighted by molar-refractivity contribution is 9.10. The van der Waals surface area contributed by atoms with Gasteiger partial charge >= 0.3 is 0 Å². The number of rotatable bonds is 2. The first-order valence-electron chi connectivity index (χ1n) is 4.67. The molecule has 0 unspecified atom stereocenters. The fraction of sp³-hybridized carbons (Fsp3) is 0.250. The Hall–Kier alpha value is -0.430. The number of thioether (sulfide) groups is 1. The van der Waals surface area contributed by atoms with Gasteiger partial charge in [-0.15, -0.1) is 0 Å². The largest absolute Gasteiger partial charge is 0.288 e. The maximum atomic E-state index is 10.7. The molecule has 1 aromatic rings. The minimum absolute atomic E-state index is 0.127. The summed E-state index contributed by atoms with van der Waals surface area (Å²) < 4.78 is 0.958. The van der Waals surface area contributed by atoms with E-state index in [9.17, 15) is 4.79 Å². The molecule has 0 fully saturated rings. The number of carbonyl (C=O) groups is 1. The van der Waals surface area contributed by atoms with Gasteiger partial charge in [-0.2, -0.15) is 0 Å². The summed E-state index contributed by atoms with van der Waals surface area (Å²) in [5.41, 5.74) is 0.809. The van der Waals surface area contributed by atoms with Crippen molar-refractivity contribution in [3.05, 3.63) is 33.3 Å². The van der Waals surface area contributed by atoms with Crippen molar-refractivity contribution in [3.63, 3.8) is 0 Å². The molecule has 0 aromatic heterocycles. The molecule has 0 aliphatic heterocycles. The molecule has 0 saturated carbocycles. The minimum Gasteiger partial charge on any atom is -0.288 e. The summed E-state index contributed by atoms with van der Waals surface area (Å²) >= 11 is 10.6. The van der Waals surface area contributed by atoms with E-state index in [1.807, 2.05) is 12.1 Å². The second-order valence-corrected chi connectivity index (χ2v) is 5.61. The van der Waals surface area contributed by atoms with Crippen LogP contribution in [-0.2, 0) is 4.79 Å². The van der Waals surface area contributed by atoms with Crippen molar-refractivity contribution < 1.29 is 4.79 Å². The van der Waals surface area contributed by atoms with E-state index >= 15 is 0 Å². The summed E-state index contributed by atoms with van der Waals surface area (Å²) in [5.74, 6) is 6.72. The third kappa shape index (κ3) is 5.07. The highest BCUT2D eigenvalue weighted by atomic mass is 79.9. The Balaban J connectivity index is 2.56. The molecule has 0 aliphatic rings. The molecule has 0 amide bonds. The molecule has 0 aliphatic carbocycles. The van der Waals surface area contributed by atoms with Gasteiger partial charge in [-0.05, 0) is 18.2 Å². The zero-order valence-electron chi connectivity index (χ0n) is 8.72. The number of hydrogen-bond acceptors (Lipinski definition) is 2. The Kier molecular flexibility index (Phi) is 5.97. The van der Waals surface area contributed by atoms with Crippen LogP contribution < -0.4 is 0 Å². The lowest BCUT2D eigenvalue weighted by molar-refractivity contribution is -0.109. The van der Waals surface area contributed by atoms with Crippen LogP contribution in [0.1, 0.15) is 18.9 Å². The van der Waals surface area contributed by atoms with Gasteiger partial charge in [0.1, 0.15) is 0 Å². The molecule has 1 nitrogen and oxygen atoms in total. The summed E-state index contributed by atoms with van der Waals surface area (Å²) in [7, 11) is 0. The van der Waals surface area contributed by atoms with E-state index < -0.39 is 0 Å². The molecular weight excluding hydrogens is 308 g/mol. The van der Waals surface area contributed by atoms with E-state index in [0.29, 0.717) is 11.4 Å². The van der Waals surface area contributed by atoms with E-state index in [4.69, 9.17) is 11.6 Å². The lowest BCUT2D eigenvalue weighted by Gasteiger charge is -1.96. The van der Waals surface area contributed by atoms with Gasteiger partial charge < -0.3 is 0 Å². The van der Waals surface area contributed by atoms with Crippen molar-refractivity contribution in [2.45, 2.75) is 13.3 Å². The van der Waals surface area contributed by atoms with Crippen LogP contribution in [0.2, 0.25) is 5.02 Å². The molecular formula is C12H10BrClOS. The minimum atomic E-state index is 0.127. The van der Waals surface area contributed by atoms with Gasteiger partial charge in [0, 0.05) is 29.1 Å². The molecule has 1 aromatic carbocycles. The molecule has 0 N–H and O–H groups in total. The SMILES string of the molecule is CC(=O)SCCC#Cc1cc(Br)ccc1Cl. The van der Waals surface area contributed by atoms with Crippen LogP contribution in [-0.4, -0.2) is 10.9 Å². The van der Waals surface area contributed by atoms with Gasteiger partial charge in [-0.25, -0.2) is 0 Å². The van der Waals surface area contributed by atoms with Crippen molar-refractivity contribution in [2.75, 3.05) is 5.75 Å².